The van der Waals surface area contributed by atoms with E-state index in [-0.39, 0.29) is 39.7 Å². The van der Waals surface area contributed by atoms with Crippen LogP contribution in [0.5, 0.6) is 11.5 Å². The topological polar surface area (TPSA) is 134 Å². The van der Waals surface area contributed by atoms with Crippen molar-refractivity contribution in [3.63, 3.8) is 0 Å². The molecule has 0 amide bonds. The number of nitrogens with zero attached hydrogens (tertiary/aromatic N) is 3. The van der Waals surface area contributed by atoms with E-state index in [4.69, 9.17) is 9.47 Å². The first kappa shape index (κ1) is 24.3. The van der Waals surface area contributed by atoms with E-state index in [1.54, 1.807) is 18.2 Å². The number of ether oxygens (including phenoxy) is 2. The quantitative estimate of drug-likeness (QED) is 0.182. The Balaban J connectivity index is 1.61. The first-order valence-corrected chi connectivity index (χ1v) is 10.9. The summed E-state index contributed by atoms with van der Waals surface area (Å²) in [7, 11) is 0. The van der Waals surface area contributed by atoms with Crippen molar-refractivity contribution in [1.29, 1.82) is 0 Å². The molecule has 0 saturated heterocycles. The van der Waals surface area contributed by atoms with Crippen molar-refractivity contribution in [2.75, 3.05) is 0 Å². The van der Waals surface area contributed by atoms with Crippen molar-refractivity contribution in [3.05, 3.63) is 109 Å². The third kappa shape index (κ3) is 5.27. The number of hydrogen-bond donors (Lipinski definition) is 0. The summed E-state index contributed by atoms with van der Waals surface area (Å²) in [5, 5.41) is 22.7. The molecule has 36 heavy (non-hydrogen) atoms. The highest BCUT2D eigenvalue weighted by Gasteiger charge is 2.26. The van der Waals surface area contributed by atoms with E-state index in [1.807, 2.05) is 12.1 Å². The second-order valence-corrected chi connectivity index (χ2v) is 9.00. The summed E-state index contributed by atoms with van der Waals surface area (Å²) in [6.45, 7) is 6.24. The van der Waals surface area contributed by atoms with Crippen LogP contribution in [-0.2, 0) is 14.9 Å². The Morgan fingerprint density at radius 1 is 0.944 bits per heavy atom. The highest BCUT2D eigenvalue weighted by atomic mass is 16.6. The normalized spacial score (nSPS) is 14.4. The molecule has 1 aliphatic heterocycles. The molecular weight excluding hydrogens is 466 g/mol. The number of hydrogen-bond acceptors (Lipinski definition) is 8. The molecule has 0 fully saturated rings. The van der Waals surface area contributed by atoms with E-state index in [9.17, 15) is 25.0 Å². The van der Waals surface area contributed by atoms with Gasteiger partial charge in [-0.15, -0.1) is 0 Å². The smallest absolute Gasteiger partial charge is 0.363 e. The minimum absolute atomic E-state index is 0.0421. The predicted molar refractivity (Wildman–Crippen MR) is 132 cm³/mol. The third-order valence-corrected chi connectivity index (χ3v) is 5.36. The molecule has 3 aromatic rings. The first-order valence-electron chi connectivity index (χ1n) is 10.9. The Kier molecular flexibility index (Phi) is 6.35. The molecule has 1 aliphatic rings. The average Bonchev–Trinajstić information content (AvgIpc) is 3.20. The number of carbonyl (C=O) groups excluding carboxylic acids is 1. The van der Waals surface area contributed by atoms with Gasteiger partial charge in [0.25, 0.3) is 5.69 Å². The van der Waals surface area contributed by atoms with E-state index in [0.717, 1.165) is 5.56 Å². The summed E-state index contributed by atoms with van der Waals surface area (Å²) in [5.41, 5.74) is 1.07. The van der Waals surface area contributed by atoms with E-state index in [1.165, 1.54) is 42.5 Å². The molecule has 4 rings (SSSR count). The molecule has 0 aromatic heterocycles. The van der Waals surface area contributed by atoms with Gasteiger partial charge in [-0.25, -0.2) is 9.79 Å². The van der Waals surface area contributed by atoms with Gasteiger partial charge >= 0.3 is 11.7 Å². The maximum Gasteiger partial charge on any atom is 0.363 e. The molecule has 182 valence electrons. The van der Waals surface area contributed by atoms with Crippen LogP contribution < -0.4 is 4.74 Å². The molecule has 0 unspecified atom stereocenters. The number of nitro groups is 2. The van der Waals surface area contributed by atoms with Gasteiger partial charge in [0.15, 0.2) is 5.70 Å². The van der Waals surface area contributed by atoms with Gasteiger partial charge in [-0.1, -0.05) is 45.0 Å². The number of benzene rings is 3. The summed E-state index contributed by atoms with van der Waals surface area (Å²) in [6.07, 6.45) is 1.33. The van der Waals surface area contributed by atoms with Crippen LogP contribution in [0.3, 0.4) is 0 Å². The Hall–Kier alpha value is -4.86. The summed E-state index contributed by atoms with van der Waals surface area (Å²) >= 11 is 0. The fourth-order valence-corrected chi connectivity index (χ4v) is 3.45. The summed E-state index contributed by atoms with van der Waals surface area (Å²) < 4.78 is 10.9. The lowest BCUT2D eigenvalue weighted by Gasteiger charge is -2.19. The summed E-state index contributed by atoms with van der Waals surface area (Å²) in [6, 6.07) is 17.1. The van der Waals surface area contributed by atoms with Gasteiger partial charge in [-0.2, -0.15) is 0 Å². The second kappa shape index (κ2) is 9.41. The molecule has 0 N–H and O–H groups in total. The second-order valence-electron chi connectivity index (χ2n) is 9.00. The van der Waals surface area contributed by atoms with Gasteiger partial charge in [0.05, 0.1) is 9.85 Å². The van der Waals surface area contributed by atoms with Crippen LogP contribution in [0.25, 0.3) is 6.08 Å². The molecule has 0 saturated carbocycles. The minimum Gasteiger partial charge on any atom is -0.450 e. The number of carbonyl (C=O) groups is 1. The zero-order valence-corrected chi connectivity index (χ0v) is 19.6. The van der Waals surface area contributed by atoms with E-state index in [0.29, 0.717) is 11.3 Å². The van der Waals surface area contributed by atoms with Gasteiger partial charge in [-0.3, -0.25) is 20.2 Å². The average molecular weight is 487 g/mol. The Bertz CT molecular complexity index is 1430. The molecule has 0 atom stereocenters. The van der Waals surface area contributed by atoms with Crippen molar-refractivity contribution in [2.24, 2.45) is 4.99 Å². The van der Waals surface area contributed by atoms with Gasteiger partial charge in [0.2, 0.25) is 11.6 Å². The van der Waals surface area contributed by atoms with Gasteiger partial charge < -0.3 is 9.47 Å². The number of aliphatic imine (C=N–C) groups is 1. The zero-order chi connectivity index (χ0) is 26.0. The van der Waals surface area contributed by atoms with Crippen LogP contribution >= 0.6 is 0 Å². The van der Waals surface area contributed by atoms with Crippen LogP contribution in [0.1, 0.15) is 37.5 Å². The van der Waals surface area contributed by atoms with Crippen LogP contribution in [0, 0.1) is 20.2 Å². The monoisotopic (exact) mass is 487 g/mol. The molecule has 10 nitrogen and oxygen atoms in total. The standard InChI is InChI=1S/C26H21N3O7/c1-26(2,3)18-8-10-20(11-9-18)35-23-12-7-16(14-22(23)29(33)34)13-21-25(30)36-24(27-21)17-5-4-6-19(15-17)28(31)32/h4-15H,1-3H3/b21-13+. The molecule has 0 radical (unpaired) electrons. The van der Waals surface area contributed by atoms with Crippen molar-refractivity contribution in [2.45, 2.75) is 26.2 Å². The van der Waals surface area contributed by atoms with Crippen LogP contribution in [0.4, 0.5) is 11.4 Å². The Morgan fingerprint density at radius 3 is 2.31 bits per heavy atom. The molecule has 1 heterocycles. The van der Waals surface area contributed by atoms with E-state index >= 15 is 0 Å². The fourth-order valence-electron chi connectivity index (χ4n) is 3.45. The van der Waals surface area contributed by atoms with Gasteiger partial charge in [0, 0.05) is 23.8 Å². The van der Waals surface area contributed by atoms with E-state index < -0.39 is 15.8 Å². The van der Waals surface area contributed by atoms with Crippen LogP contribution in [-0.4, -0.2) is 21.7 Å². The molecule has 0 aliphatic carbocycles. The Morgan fingerprint density at radius 2 is 1.67 bits per heavy atom. The molecule has 0 bridgehead atoms. The maximum absolute atomic E-state index is 12.3. The largest absolute Gasteiger partial charge is 0.450 e. The molecular formula is C26H21N3O7. The summed E-state index contributed by atoms with van der Waals surface area (Å²) in [5.74, 6) is -0.384. The van der Waals surface area contributed by atoms with Crippen LogP contribution in [0.2, 0.25) is 0 Å². The lowest BCUT2D eigenvalue weighted by atomic mass is 9.87. The number of non-ortho nitro benzene ring substituents is 1. The number of esters is 1. The predicted octanol–water partition coefficient (Wildman–Crippen LogP) is 5.94. The number of cyclic esters (lactones) is 1. The summed E-state index contributed by atoms with van der Waals surface area (Å²) in [4.78, 5) is 38.0. The van der Waals surface area contributed by atoms with Crippen molar-refractivity contribution in [3.8, 4) is 11.5 Å². The third-order valence-electron chi connectivity index (χ3n) is 5.36. The lowest BCUT2D eigenvalue weighted by Crippen LogP contribution is -2.10. The fraction of sp³-hybridized carbons (Fsp3) is 0.154. The molecule has 3 aromatic carbocycles. The van der Waals surface area contributed by atoms with Gasteiger partial charge in [-0.05, 0) is 46.9 Å². The van der Waals surface area contributed by atoms with Gasteiger partial charge in [0.1, 0.15) is 5.75 Å². The van der Waals surface area contributed by atoms with Crippen LogP contribution in [0.15, 0.2) is 77.4 Å². The van der Waals surface area contributed by atoms with Crippen molar-refractivity contribution >= 4 is 29.3 Å². The first-order chi connectivity index (χ1) is 17.0. The number of nitro benzene ring substituents is 2. The van der Waals surface area contributed by atoms with Crippen molar-refractivity contribution in [1.82, 2.24) is 0 Å². The lowest BCUT2D eigenvalue weighted by molar-refractivity contribution is -0.385. The number of rotatable bonds is 6. The Labute approximate surface area is 205 Å². The maximum atomic E-state index is 12.3. The highest BCUT2D eigenvalue weighted by Crippen LogP contribution is 2.34. The molecule has 10 heteroatoms. The zero-order valence-electron chi connectivity index (χ0n) is 19.6. The highest BCUT2D eigenvalue weighted by molar-refractivity contribution is 6.13. The van der Waals surface area contributed by atoms with Crippen molar-refractivity contribution < 1.29 is 24.1 Å². The van der Waals surface area contributed by atoms with E-state index in [2.05, 4.69) is 25.8 Å². The molecule has 0 spiro atoms. The SMILES string of the molecule is CC(C)(C)c1ccc(Oc2ccc(/C=C3/N=C(c4cccc([N+](=O)[O-])c4)OC3=O)cc2[N+](=O)[O-])cc1. The minimum atomic E-state index is -0.779.